The van der Waals surface area contributed by atoms with Crippen LogP contribution < -0.4 is 11.1 Å². The second-order valence-corrected chi connectivity index (χ2v) is 4.40. The number of nitrogen functional groups attached to an aromatic ring is 1. The van der Waals surface area contributed by atoms with Crippen molar-refractivity contribution in [3.63, 3.8) is 0 Å². The molecule has 2 rings (SSSR count). The highest BCUT2D eigenvalue weighted by Crippen LogP contribution is 2.40. The van der Waals surface area contributed by atoms with Gasteiger partial charge in [0.2, 0.25) is 6.43 Å². The lowest BCUT2D eigenvalue weighted by molar-refractivity contribution is 0.0600. The number of benzene rings is 1. The summed E-state index contributed by atoms with van der Waals surface area (Å²) in [6.45, 7) is 0. The van der Waals surface area contributed by atoms with Gasteiger partial charge in [-0.1, -0.05) is 0 Å². The Balaban J connectivity index is 2.16. The predicted molar refractivity (Wildman–Crippen MR) is 63.7 cm³/mol. The summed E-state index contributed by atoms with van der Waals surface area (Å²) in [5, 5.41) is 2.64. The second-order valence-electron chi connectivity index (χ2n) is 4.40. The fourth-order valence-corrected chi connectivity index (χ4v) is 1.86. The van der Waals surface area contributed by atoms with Crippen LogP contribution in [-0.4, -0.2) is 25.5 Å². The first-order valence-electron chi connectivity index (χ1n) is 5.66. The zero-order valence-corrected chi connectivity index (χ0v) is 10.1. The van der Waals surface area contributed by atoms with E-state index in [-0.39, 0.29) is 23.4 Å². The third kappa shape index (κ3) is 2.74. The number of alkyl halides is 2. The number of methoxy groups -OCH3 is 1. The first-order valence-corrected chi connectivity index (χ1v) is 5.66. The van der Waals surface area contributed by atoms with Gasteiger partial charge in [0.1, 0.15) is 5.82 Å². The minimum absolute atomic E-state index is 0.0136. The van der Waals surface area contributed by atoms with Crippen molar-refractivity contribution in [1.82, 2.24) is 0 Å². The van der Waals surface area contributed by atoms with E-state index in [9.17, 15) is 18.0 Å². The van der Waals surface area contributed by atoms with Crippen molar-refractivity contribution in [3.05, 3.63) is 23.5 Å². The molecule has 1 fully saturated rings. The quantitative estimate of drug-likeness (QED) is 0.653. The molecule has 19 heavy (non-hydrogen) atoms. The zero-order valence-electron chi connectivity index (χ0n) is 10.1. The fraction of sp³-hybridized carbons (Fsp3) is 0.417. The standard InChI is InChI=1S/C12H13F3N2O2/c1-19-12(18)5-2-7(13)10(8(16)3-5)17-9-4-6(9)11(14)15/h2-3,6,9,11,17H,4,16H2,1H3/t6-,9+/m1/s1. The molecule has 1 aromatic rings. The average molecular weight is 274 g/mol. The highest BCUT2D eigenvalue weighted by atomic mass is 19.3. The Hall–Kier alpha value is -1.92. The smallest absolute Gasteiger partial charge is 0.338 e. The third-order valence-corrected chi connectivity index (χ3v) is 3.04. The Kier molecular flexibility index (Phi) is 3.55. The Morgan fingerprint density at radius 2 is 2.21 bits per heavy atom. The van der Waals surface area contributed by atoms with Gasteiger partial charge in [-0.05, 0) is 18.6 Å². The number of carbonyl (C=O) groups excluding carboxylic acids is 1. The maximum Gasteiger partial charge on any atom is 0.338 e. The number of anilines is 2. The van der Waals surface area contributed by atoms with Gasteiger partial charge >= 0.3 is 5.97 Å². The summed E-state index contributed by atoms with van der Waals surface area (Å²) in [7, 11) is 1.17. The van der Waals surface area contributed by atoms with Crippen molar-refractivity contribution in [2.75, 3.05) is 18.2 Å². The SMILES string of the molecule is COC(=O)c1cc(N)c(N[C@H]2C[C@H]2C(F)F)c(F)c1. The van der Waals surface area contributed by atoms with Gasteiger partial charge in [-0.25, -0.2) is 18.0 Å². The fourth-order valence-electron chi connectivity index (χ4n) is 1.86. The lowest BCUT2D eigenvalue weighted by Crippen LogP contribution is -2.13. The molecule has 1 saturated carbocycles. The van der Waals surface area contributed by atoms with E-state index in [1.807, 2.05) is 0 Å². The number of rotatable bonds is 4. The summed E-state index contributed by atoms with van der Waals surface area (Å²) in [6.07, 6.45) is -2.16. The molecule has 0 aliphatic heterocycles. The van der Waals surface area contributed by atoms with Crippen LogP contribution in [0.25, 0.3) is 0 Å². The normalized spacial score (nSPS) is 21.3. The van der Waals surface area contributed by atoms with Crippen LogP contribution >= 0.6 is 0 Å². The van der Waals surface area contributed by atoms with Crippen LogP contribution in [0.5, 0.6) is 0 Å². The van der Waals surface area contributed by atoms with Gasteiger partial charge < -0.3 is 15.8 Å². The Morgan fingerprint density at radius 3 is 2.68 bits per heavy atom. The summed E-state index contributed by atoms with van der Waals surface area (Å²) in [5.41, 5.74) is 5.52. The summed E-state index contributed by atoms with van der Waals surface area (Å²) in [5.74, 6) is -2.26. The van der Waals surface area contributed by atoms with Crippen LogP contribution in [0, 0.1) is 11.7 Å². The van der Waals surface area contributed by atoms with E-state index < -0.39 is 30.2 Å². The molecule has 0 saturated heterocycles. The van der Waals surface area contributed by atoms with E-state index in [4.69, 9.17) is 5.73 Å². The molecule has 1 aliphatic carbocycles. The maximum atomic E-state index is 13.8. The summed E-state index contributed by atoms with van der Waals surface area (Å²) in [6, 6.07) is 1.72. The molecular weight excluding hydrogens is 261 g/mol. The number of hydrogen-bond acceptors (Lipinski definition) is 4. The number of nitrogens with two attached hydrogens (primary N) is 1. The lowest BCUT2D eigenvalue weighted by Gasteiger charge is -2.11. The molecule has 3 N–H and O–H groups in total. The molecule has 0 spiro atoms. The predicted octanol–water partition coefficient (Wildman–Crippen LogP) is 2.26. The van der Waals surface area contributed by atoms with Gasteiger partial charge in [-0.2, -0.15) is 0 Å². The van der Waals surface area contributed by atoms with E-state index in [0.29, 0.717) is 0 Å². The van der Waals surface area contributed by atoms with Crippen molar-refractivity contribution in [1.29, 1.82) is 0 Å². The molecule has 104 valence electrons. The van der Waals surface area contributed by atoms with Crippen molar-refractivity contribution in [2.45, 2.75) is 18.9 Å². The van der Waals surface area contributed by atoms with Gasteiger partial charge in [0, 0.05) is 12.0 Å². The van der Waals surface area contributed by atoms with Crippen LogP contribution in [0.15, 0.2) is 12.1 Å². The van der Waals surface area contributed by atoms with Crippen LogP contribution in [0.1, 0.15) is 16.8 Å². The summed E-state index contributed by atoms with van der Waals surface area (Å²) < 4.78 is 43.0. The Morgan fingerprint density at radius 1 is 1.53 bits per heavy atom. The largest absolute Gasteiger partial charge is 0.465 e. The Labute approximate surface area is 107 Å². The van der Waals surface area contributed by atoms with Crippen molar-refractivity contribution < 1.29 is 22.7 Å². The molecule has 1 aliphatic rings. The molecule has 4 nitrogen and oxygen atoms in total. The number of carbonyl (C=O) groups is 1. The second kappa shape index (κ2) is 4.99. The molecule has 0 bridgehead atoms. The first-order chi connectivity index (χ1) is 8.93. The molecule has 0 amide bonds. The van der Waals surface area contributed by atoms with Gasteiger partial charge in [-0.15, -0.1) is 0 Å². The number of halogens is 3. The number of ether oxygens (including phenoxy) is 1. The number of nitrogens with one attached hydrogen (secondary N) is 1. The van der Waals surface area contributed by atoms with E-state index in [1.165, 1.54) is 13.2 Å². The van der Waals surface area contributed by atoms with E-state index in [1.54, 1.807) is 0 Å². The summed E-state index contributed by atoms with van der Waals surface area (Å²) in [4.78, 5) is 11.2. The Bertz CT molecular complexity index is 485. The highest BCUT2D eigenvalue weighted by Gasteiger charge is 2.44. The molecule has 0 radical (unpaired) electrons. The van der Waals surface area contributed by atoms with Gasteiger partial charge in [0.15, 0.2) is 0 Å². The number of hydrogen-bond donors (Lipinski definition) is 2. The highest BCUT2D eigenvalue weighted by molar-refractivity contribution is 5.92. The minimum Gasteiger partial charge on any atom is -0.465 e. The van der Waals surface area contributed by atoms with Crippen molar-refractivity contribution in [2.24, 2.45) is 5.92 Å². The first kappa shape index (κ1) is 13.5. The molecular formula is C12H13F3N2O2. The molecule has 0 aromatic heterocycles. The molecule has 7 heteroatoms. The molecule has 1 aromatic carbocycles. The molecule has 0 heterocycles. The van der Waals surface area contributed by atoms with E-state index in [2.05, 4.69) is 10.1 Å². The van der Waals surface area contributed by atoms with Gasteiger partial charge in [0.05, 0.1) is 24.0 Å². The van der Waals surface area contributed by atoms with E-state index >= 15 is 0 Å². The number of esters is 1. The van der Waals surface area contributed by atoms with E-state index in [0.717, 1.165) is 6.07 Å². The molecule has 2 atom stereocenters. The van der Waals surface area contributed by atoms with Crippen LogP contribution in [-0.2, 0) is 4.74 Å². The lowest BCUT2D eigenvalue weighted by atomic mass is 10.1. The topological polar surface area (TPSA) is 64.3 Å². The van der Waals surface area contributed by atoms with Crippen LogP contribution in [0.2, 0.25) is 0 Å². The van der Waals surface area contributed by atoms with Crippen LogP contribution in [0.3, 0.4) is 0 Å². The van der Waals surface area contributed by atoms with Crippen LogP contribution in [0.4, 0.5) is 24.5 Å². The zero-order chi connectivity index (χ0) is 14.2. The minimum atomic E-state index is -2.43. The average Bonchev–Trinajstić information content (AvgIpc) is 3.12. The van der Waals surface area contributed by atoms with Crippen molar-refractivity contribution in [3.8, 4) is 0 Å². The summed E-state index contributed by atoms with van der Waals surface area (Å²) >= 11 is 0. The molecule has 0 unspecified atom stereocenters. The third-order valence-electron chi connectivity index (χ3n) is 3.04. The van der Waals surface area contributed by atoms with Crippen molar-refractivity contribution >= 4 is 17.3 Å². The van der Waals surface area contributed by atoms with Gasteiger partial charge in [-0.3, -0.25) is 0 Å². The monoisotopic (exact) mass is 274 g/mol. The maximum absolute atomic E-state index is 13.8. The van der Waals surface area contributed by atoms with Gasteiger partial charge in [0.25, 0.3) is 0 Å².